The minimum atomic E-state index is -2.00. The molecular weight excluding hydrogens is 176 g/mol. The Kier molecular flexibility index (Phi) is 8.19. The zero-order chi connectivity index (χ0) is 8.53. The van der Waals surface area contributed by atoms with Crippen molar-refractivity contribution >= 4 is 0 Å². The van der Waals surface area contributed by atoms with Crippen molar-refractivity contribution in [2.75, 3.05) is 0 Å². The molecule has 0 aromatic carbocycles. The van der Waals surface area contributed by atoms with E-state index in [9.17, 15) is 0 Å². The predicted molar refractivity (Wildman–Crippen MR) is 38.2 cm³/mol. The Bertz CT molecular complexity index is 149. The molecule has 1 saturated carbocycles. The molecule has 1 aliphatic carbocycles. The maximum absolute atomic E-state index is 8.50. The van der Waals surface area contributed by atoms with Gasteiger partial charge in [0, 0.05) is 0 Å². The molecule has 62 valence electrons. The van der Waals surface area contributed by atoms with E-state index in [4.69, 9.17) is 6.65 Å². The summed E-state index contributed by atoms with van der Waals surface area (Å²) in [7, 11) is 0. The van der Waals surface area contributed by atoms with E-state index in [1.54, 1.807) is 5.57 Å². The van der Waals surface area contributed by atoms with Crippen LogP contribution in [0, 0.1) is 0 Å². The Labute approximate surface area is 76.6 Å². The molecular formula is C8H14O2Ti. The van der Waals surface area contributed by atoms with Crippen LogP contribution in [0.2, 0.25) is 0 Å². The predicted octanol–water partition coefficient (Wildman–Crippen LogP) is 2.66. The Morgan fingerprint density at radius 2 is 1.64 bits per heavy atom. The van der Waals surface area contributed by atoms with E-state index < -0.39 is 19.1 Å². The van der Waals surface area contributed by atoms with Crippen LogP contribution in [-0.4, -0.2) is 0 Å². The van der Waals surface area contributed by atoms with Crippen molar-refractivity contribution < 1.29 is 25.7 Å². The third-order valence-electron chi connectivity index (χ3n) is 1.90. The molecule has 1 aliphatic rings. The molecule has 2 nitrogen and oxygen atoms in total. The first-order chi connectivity index (χ1) is 5.35. The van der Waals surface area contributed by atoms with Gasteiger partial charge < -0.3 is 0 Å². The zero-order valence-electron chi connectivity index (χ0n) is 6.93. The Hall–Kier alpha value is 0.0543. The van der Waals surface area contributed by atoms with Crippen LogP contribution in [-0.2, 0) is 25.7 Å². The van der Waals surface area contributed by atoms with Crippen molar-refractivity contribution in [2.24, 2.45) is 0 Å². The molecule has 0 aromatic rings. The molecule has 0 heterocycles. The summed E-state index contributed by atoms with van der Waals surface area (Å²) in [5.74, 6) is 0. The molecule has 1 fully saturated rings. The van der Waals surface area contributed by atoms with Gasteiger partial charge in [-0.25, -0.2) is 0 Å². The second-order valence-corrected chi connectivity index (χ2v) is 2.85. The van der Waals surface area contributed by atoms with E-state index in [1.165, 1.54) is 32.1 Å². The first kappa shape index (κ1) is 11.1. The molecule has 0 aliphatic heterocycles. The van der Waals surface area contributed by atoms with Gasteiger partial charge in [0.1, 0.15) is 0 Å². The number of hydrogen-bond donors (Lipinski definition) is 0. The van der Waals surface area contributed by atoms with Crippen LogP contribution in [0.3, 0.4) is 0 Å². The molecule has 0 aromatic heterocycles. The fourth-order valence-electron chi connectivity index (χ4n) is 1.29. The molecule has 0 bridgehead atoms. The fourth-order valence-corrected chi connectivity index (χ4v) is 1.29. The molecule has 0 unspecified atom stereocenters. The second-order valence-electron chi connectivity index (χ2n) is 2.59. The quantitative estimate of drug-likeness (QED) is 0.434. The molecule has 0 saturated heterocycles. The average molecular weight is 190 g/mol. The third kappa shape index (κ3) is 6.45. The van der Waals surface area contributed by atoms with Crippen molar-refractivity contribution in [2.45, 2.75) is 39.0 Å². The van der Waals surface area contributed by atoms with Gasteiger partial charge >= 0.3 is 25.7 Å². The first-order valence-corrected chi connectivity index (χ1v) is 5.26. The van der Waals surface area contributed by atoms with Gasteiger partial charge in [-0.2, -0.15) is 0 Å². The summed E-state index contributed by atoms with van der Waals surface area (Å²) in [5, 5.41) is 0. The fraction of sp³-hybridized carbons (Fsp3) is 0.750. The van der Waals surface area contributed by atoms with E-state index in [1.807, 2.05) is 0 Å². The number of allylic oxidation sites excluding steroid dienone is 2. The van der Waals surface area contributed by atoms with Gasteiger partial charge in [-0.05, 0) is 32.6 Å². The van der Waals surface area contributed by atoms with Gasteiger partial charge in [0.15, 0.2) is 0 Å². The van der Waals surface area contributed by atoms with Crippen molar-refractivity contribution in [3.63, 3.8) is 0 Å². The first-order valence-electron chi connectivity index (χ1n) is 3.98. The van der Waals surface area contributed by atoms with Crippen LogP contribution in [0.15, 0.2) is 11.6 Å². The van der Waals surface area contributed by atoms with Crippen LogP contribution in [0.25, 0.3) is 0 Å². The van der Waals surface area contributed by atoms with Gasteiger partial charge in [0.05, 0.1) is 0 Å². The van der Waals surface area contributed by atoms with Crippen molar-refractivity contribution in [1.82, 2.24) is 0 Å². The summed E-state index contributed by atoms with van der Waals surface area (Å²) in [6, 6.07) is 0. The van der Waals surface area contributed by atoms with Crippen LogP contribution >= 0.6 is 0 Å². The molecule has 3 heteroatoms. The third-order valence-corrected chi connectivity index (χ3v) is 1.90. The summed E-state index contributed by atoms with van der Waals surface area (Å²) in [6.45, 7) is 2.15. The molecule has 0 N–H and O–H groups in total. The van der Waals surface area contributed by atoms with Crippen LogP contribution in [0.5, 0.6) is 0 Å². The summed E-state index contributed by atoms with van der Waals surface area (Å²) in [5.41, 5.74) is 1.68. The molecule has 1 rings (SSSR count). The Balaban J connectivity index is 0.000000292. The van der Waals surface area contributed by atoms with Gasteiger partial charge in [-0.1, -0.05) is 18.1 Å². The van der Waals surface area contributed by atoms with E-state index in [0.29, 0.717) is 0 Å². The monoisotopic (exact) mass is 190 g/mol. The van der Waals surface area contributed by atoms with Crippen LogP contribution < -0.4 is 0 Å². The normalized spacial score (nSPS) is 15.9. The Morgan fingerprint density at radius 3 is 1.91 bits per heavy atom. The Morgan fingerprint density at radius 1 is 1.18 bits per heavy atom. The summed E-state index contributed by atoms with van der Waals surface area (Å²) < 4.78 is 17.0. The average Bonchev–Trinajstić information content (AvgIpc) is 2.08. The number of rotatable bonds is 0. The van der Waals surface area contributed by atoms with Crippen LogP contribution in [0.1, 0.15) is 39.0 Å². The second kappa shape index (κ2) is 8.15. The number of hydrogen-bond acceptors (Lipinski definition) is 2. The maximum atomic E-state index is 8.50. The molecule has 0 spiro atoms. The van der Waals surface area contributed by atoms with Crippen LogP contribution in [0.4, 0.5) is 0 Å². The minimum absolute atomic E-state index is 1.37. The van der Waals surface area contributed by atoms with Gasteiger partial charge in [0.25, 0.3) is 0 Å². The topological polar surface area (TPSA) is 34.1 Å². The van der Waals surface area contributed by atoms with E-state index in [0.717, 1.165) is 0 Å². The zero-order valence-corrected chi connectivity index (χ0v) is 8.49. The standard InChI is InChI=1S/C8H14.2O.Ti/c1-2-8-6-4-3-5-7-8;;;/h2H,3-7H2,1H3;;;. The van der Waals surface area contributed by atoms with Crippen molar-refractivity contribution in [3.8, 4) is 0 Å². The van der Waals surface area contributed by atoms with E-state index in [-0.39, 0.29) is 0 Å². The van der Waals surface area contributed by atoms with Gasteiger partial charge in [0.2, 0.25) is 0 Å². The SMILES string of the molecule is CC=C1CCCCC1.[O]=[Ti]=[O]. The van der Waals surface area contributed by atoms with Crippen molar-refractivity contribution in [3.05, 3.63) is 11.6 Å². The van der Waals surface area contributed by atoms with E-state index in [2.05, 4.69) is 13.0 Å². The summed E-state index contributed by atoms with van der Waals surface area (Å²) >= 11 is -2.00. The molecule has 11 heavy (non-hydrogen) atoms. The van der Waals surface area contributed by atoms with Gasteiger partial charge in [-0.15, -0.1) is 0 Å². The molecule has 0 radical (unpaired) electrons. The molecule has 0 atom stereocenters. The van der Waals surface area contributed by atoms with E-state index >= 15 is 0 Å². The summed E-state index contributed by atoms with van der Waals surface area (Å²) in [4.78, 5) is 0. The molecule has 0 amide bonds. The summed E-state index contributed by atoms with van der Waals surface area (Å²) in [6.07, 6.45) is 9.34. The van der Waals surface area contributed by atoms with Gasteiger partial charge in [-0.3, -0.25) is 0 Å². The van der Waals surface area contributed by atoms with Crippen molar-refractivity contribution in [1.29, 1.82) is 0 Å².